The van der Waals surface area contributed by atoms with E-state index in [9.17, 15) is 24.0 Å². The van der Waals surface area contributed by atoms with Crippen LogP contribution in [0.1, 0.15) is 70.6 Å². The quantitative estimate of drug-likeness (QED) is 0.249. The van der Waals surface area contributed by atoms with E-state index in [1.165, 1.54) is 6.26 Å². The Morgan fingerprint density at radius 2 is 1.77 bits per heavy atom. The third-order valence-corrected chi connectivity index (χ3v) is 6.59. The summed E-state index contributed by atoms with van der Waals surface area (Å²) in [5.41, 5.74) is -1.32. The van der Waals surface area contributed by atoms with Crippen LogP contribution >= 0.6 is 0 Å². The van der Waals surface area contributed by atoms with E-state index < -0.39 is 28.3 Å². The number of hydrogen-bond acceptors (Lipinski definition) is 5. The summed E-state index contributed by atoms with van der Waals surface area (Å²) in [6.07, 6.45) is 15.5. The molecule has 7 heteroatoms. The summed E-state index contributed by atoms with van der Waals surface area (Å²) in [6, 6.07) is 0. The highest BCUT2D eigenvalue weighted by Gasteiger charge is 2.49. The number of carboxylic acid groups (broad SMARTS) is 1. The molecular weight excluding hydrogens is 404 g/mol. The molecule has 3 atom stereocenters. The molecule has 0 saturated heterocycles. The van der Waals surface area contributed by atoms with Gasteiger partial charge in [-0.05, 0) is 44.4 Å². The molecule has 0 aromatic rings. The minimum atomic E-state index is -1.32. The van der Waals surface area contributed by atoms with E-state index in [1.54, 1.807) is 18.2 Å². The fourth-order valence-corrected chi connectivity index (χ4v) is 4.81. The Balaban J connectivity index is 2.79. The van der Waals surface area contributed by atoms with Crippen LogP contribution in [0.4, 0.5) is 0 Å². The molecule has 1 aliphatic rings. The highest BCUT2D eigenvalue weighted by Crippen LogP contribution is 2.45. The lowest BCUT2D eigenvalue weighted by Crippen LogP contribution is -2.46. The van der Waals surface area contributed by atoms with Crippen molar-refractivity contribution in [3.8, 4) is 0 Å². The van der Waals surface area contributed by atoms with Gasteiger partial charge in [0.05, 0.1) is 11.9 Å². The summed E-state index contributed by atoms with van der Waals surface area (Å²) in [5.74, 6) is -1.23. The van der Waals surface area contributed by atoms with E-state index in [1.807, 2.05) is 6.08 Å². The maximum absolute atomic E-state index is 12.4. The van der Waals surface area contributed by atoms with E-state index in [4.69, 9.17) is 5.11 Å². The van der Waals surface area contributed by atoms with E-state index in [0.717, 1.165) is 57.8 Å². The van der Waals surface area contributed by atoms with Gasteiger partial charge in [0, 0.05) is 30.1 Å². The molecule has 0 bridgehead atoms. The van der Waals surface area contributed by atoms with Crippen LogP contribution < -0.4 is 0 Å². The molecule has 0 heterocycles. The Kier molecular flexibility index (Phi) is 13.1. The number of hydrogen-bond donors (Lipinski definition) is 3. The Labute approximate surface area is 182 Å². The number of rotatable bonds is 16. The predicted octanol–water partition coefficient (Wildman–Crippen LogP) is 3.39. The smallest absolute Gasteiger partial charge is 0.316 e. The summed E-state index contributed by atoms with van der Waals surface area (Å²) >= 11 is 0. The van der Waals surface area contributed by atoms with Crippen molar-refractivity contribution in [3.63, 3.8) is 0 Å². The Hall–Kier alpha value is -1.31. The number of carbonyl (C=O) groups is 2. The van der Waals surface area contributed by atoms with Crippen molar-refractivity contribution in [2.75, 3.05) is 18.6 Å². The molecule has 0 spiro atoms. The first-order chi connectivity index (χ1) is 14.3. The summed E-state index contributed by atoms with van der Waals surface area (Å²) in [5, 5.41) is 29.9. The molecule has 1 rings (SSSR count). The first kappa shape index (κ1) is 26.7. The van der Waals surface area contributed by atoms with Crippen LogP contribution in [0, 0.1) is 11.3 Å². The number of aliphatic hydroxyl groups excluding tert-OH is 2. The van der Waals surface area contributed by atoms with Gasteiger partial charge in [-0.15, -0.1) is 0 Å². The maximum Gasteiger partial charge on any atom is 0.316 e. The molecule has 0 aromatic carbocycles. The SMILES string of the molecule is CS(=O)CC(=O)C/C=C/C[C@@H](O)[C@](/C=C\CCCCCCO)(C(=O)O)C1CCCC1. The number of allylic oxidation sites excluding steroid dienone is 2. The van der Waals surface area contributed by atoms with E-state index in [-0.39, 0.29) is 36.9 Å². The summed E-state index contributed by atoms with van der Waals surface area (Å²) in [6.45, 7) is 0.196. The molecular formula is C23H38O6S. The fourth-order valence-electron chi connectivity index (χ4n) is 4.24. The third kappa shape index (κ3) is 8.82. The van der Waals surface area contributed by atoms with Crippen LogP contribution in [-0.4, -0.2) is 56.0 Å². The van der Waals surface area contributed by atoms with E-state index in [2.05, 4.69) is 0 Å². The number of Topliss-reactive ketones (excluding diaryl/α,β-unsaturated/α-hetero) is 1. The summed E-state index contributed by atoms with van der Waals surface area (Å²) in [7, 11) is -1.17. The lowest BCUT2D eigenvalue weighted by atomic mass is 9.68. The zero-order chi connectivity index (χ0) is 22.4. The average molecular weight is 443 g/mol. The zero-order valence-corrected chi connectivity index (χ0v) is 18.9. The Bertz CT molecular complexity index is 609. The van der Waals surface area contributed by atoms with Gasteiger partial charge in [0.25, 0.3) is 0 Å². The highest BCUT2D eigenvalue weighted by atomic mass is 32.2. The molecule has 1 aliphatic carbocycles. The first-order valence-corrected chi connectivity index (χ1v) is 12.7. The minimum absolute atomic E-state index is 0.00900. The largest absolute Gasteiger partial charge is 0.481 e. The molecule has 6 nitrogen and oxygen atoms in total. The predicted molar refractivity (Wildman–Crippen MR) is 120 cm³/mol. The van der Waals surface area contributed by atoms with Gasteiger partial charge in [0.1, 0.15) is 11.2 Å². The van der Waals surface area contributed by atoms with Crippen LogP contribution in [-0.2, 0) is 20.4 Å². The number of carboxylic acids is 1. The van der Waals surface area contributed by atoms with Gasteiger partial charge in [-0.3, -0.25) is 13.8 Å². The molecule has 0 radical (unpaired) electrons. The fraction of sp³-hybridized carbons (Fsp3) is 0.739. The van der Waals surface area contributed by atoms with Gasteiger partial charge < -0.3 is 15.3 Å². The van der Waals surface area contributed by atoms with Gasteiger partial charge in [-0.1, -0.05) is 50.0 Å². The molecule has 172 valence electrons. The second-order valence-corrected chi connectivity index (χ2v) is 9.67. The second-order valence-electron chi connectivity index (χ2n) is 8.23. The normalized spacial score (nSPS) is 19.3. The van der Waals surface area contributed by atoms with Gasteiger partial charge >= 0.3 is 5.97 Å². The Morgan fingerprint density at radius 1 is 1.10 bits per heavy atom. The molecule has 0 aliphatic heterocycles. The maximum atomic E-state index is 12.4. The molecule has 1 saturated carbocycles. The second kappa shape index (κ2) is 14.7. The number of aliphatic hydroxyl groups is 2. The molecule has 0 aromatic heterocycles. The lowest BCUT2D eigenvalue weighted by Gasteiger charge is -2.36. The summed E-state index contributed by atoms with van der Waals surface area (Å²) in [4.78, 5) is 24.0. The molecule has 0 amide bonds. The molecule has 1 fully saturated rings. The average Bonchev–Trinajstić information content (AvgIpc) is 3.21. The Morgan fingerprint density at radius 3 is 2.37 bits per heavy atom. The van der Waals surface area contributed by atoms with E-state index >= 15 is 0 Å². The van der Waals surface area contributed by atoms with Crippen molar-refractivity contribution in [3.05, 3.63) is 24.3 Å². The van der Waals surface area contributed by atoms with E-state index in [0.29, 0.717) is 0 Å². The van der Waals surface area contributed by atoms with Crippen molar-refractivity contribution < 1.29 is 29.1 Å². The monoisotopic (exact) mass is 442 g/mol. The van der Waals surface area contributed by atoms with Crippen molar-refractivity contribution in [1.29, 1.82) is 0 Å². The lowest BCUT2D eigenvalue weighted by molar-refractivity contribution is -0.156. The summed E-state index contributed by atoms with van der Waals surface area (Å²) < 4.78 is 11.1. The van der Waals surface area contributed by atoms with Crippen LogP contribution in [0.2, 0.25) is 0 Å². The van der Waals surface area contributed by atoms with Crippen molar-refractivity contribution in [2.45, 2.75) is 76.7 Å². The third-order valence-electron chi connectivity index (χ3n) is 5.86. The topological polar surface area (TPSA) is 112 Å². The van der Waals surface area contributed by atoms with Gasteiger partial charge in [-0.2, -0.15) is 0 Å². The molecule has 30 heavy (non-hydrogen) atoms. The zero-order valence-electron chi connectivity index (χ0n) is 18.1. The van der Waals surface area contributed by atoms with Gasteiger partial charge in [0.15, 0.2) is 0 Å². The standard InChI is InChI=1S/C23H38O6S/c1-30(29)18-20(25)14-8-9-15-21(26)23(22(27)28,19-12-6-7-13-19)16-10-4-2-3-5-11-17-24/h8-10,16,19,21,24,26H,2-7,11-15,17-18H2,1H3,(H,27,28)/b9-8+,16-10-/t21-,23-,30?/m1/s1. The van der Waals surface area contributed by atoms with Gasteiger partial charge in [-0.25, -0.2) is 0 Å². The molecule has 3 N–H and O–H groups in total. The van der Waals surface area contributed by atoms with Crippen LogP contribution in [0.15, 0.2) is 24.3 Å². The van der Waals surface area contributed by atoms with Gasteiger partial charge in [0.2, 0.25) is 0 Å². The van der Waals surface area contributed by atoms with Crippen molar-refractivity contribution in [1.82, 2.24) is 0 Å². The first-order valence-electron chi connectivity index (χ1n) is 11.0. The number of ketones is 1. The highest BCUT2D eigenvalue weighted by molar-refractivity contribution is 7.85. The number of aliphatic carboxylic acids is 1. The number of carbonyl (C=O) groups excluding carboxylic acids is 1. The number of unbranched alkanes of at least 4 members (excludes halogenated alkanes) is 4. The van der Waals surface area contributed by atoms with Crippen LogP contribution in [0.3, 0.4) is 0 Å². The van der Waals surface area contributed by atoms with Crippen LogP contribution in [0.5, 0.6) is 0 Å². The minimum Gasteiger partial charge on any atom is -0.481 e. The van der Waals surface area contributed by atoms with Crippen molar-refractivity contribution in [2.24, 2.45) is 11.3 Å². The molecule has 1 unspecified atom stereocenters. The van der Waals surface area contributed by atoms with Crippen molar-refractivity contribution >= 4 is 22.6 Å². The van der Waals surface area contributed by atoms with Crippen LogP contribution in [0.25, 0.3) is 0 Å².